The van der Waals surface area contributed by atoms with Crippen molar-refractivity contribution in [2.24, 2.45) is 0 Å². The van der Waals surface area contributed by atoms with Crippen molar-refractivity contribution >= 4 is 5.69 Å². The van der Waals surface area contributed by atoms with Gasteiger partial charge in [0.05, 0.1) is 0 Å². The Labute approximate surface area is 115 Å². The highest BCUT2D eigenvalue weighted by atomic mass is 15.1. The van der Waals surface area contributed by atoms with E-state index in [4.69, 9.17) is 0 Å². The molecule has 3 nitrogen and oxygen atoms in total. The molecule has 0 aliphatic carbocycles. The summed E-state index contributed by atoms with van der Waals surface area (Å²) in [4.78, 5) is 4.22. The second-order valence-corrected chi connectivity index (χ2v) is 5.92. The minimum absolute atomic E-state index is 0.215. The monoisotopic (exact) mass is 257 g/mol. The SMILES string of the molecule is Cc1nccn1CCNc1ccc(C(C)(C)C)cc1. The molecule has 0 bridgehead atoms. The van der Waals surface area contributed by atoms with Crippen molar-refractivity contribution in [3.05, 3.63) is 48.0 Å². The number of imidazole rings is 1. The number of aryl methyl sites for hydroxylation is 1. The summed E-state index contributed by atoms with van der Waals surface area (Å²) >= 11 is 0. The van der Waals surface area contributed by atoms with E-state index in [2.05, 4.69) is 59.9 Å². The maximum atomic E-state index is 4.22. The summed E-state index contributed by atoms with van der Waals surface area (Å²) in [7, 11) is 0. The molecule has 0 aliphatic rings. The molecular formula is C16H23N3. The summed E-state index contributed by atoms with van der Waals surface area (Å²) in [5.74, 6) is 1.06. The highest BCUT2D eigenvalue weighted by molar-refractivity contribution is 5.45. The molecule has 0 unspecified atom stereocenters. The molecule has 1 aromatic carbocycles. The molecule has 102 valence electrons. The van der Waals surface area contributed by atoms with Crippen molar-refractivity contribution in [2.75, 3.05) is 11.9 Å². The lowest BCUT2D eigenvalue weighted by Crippen LogP contribution is -2.12. The van der Waals surface area contributed by atoms with Gasteiger partial charge in [-0.05, 0) is 30.0 Å². The Morgan fingerprint density at radius 2 is 1.84 bits per heavy atom. The highest BCUT2D eigenvalue weighted by Gasteiger charge is 2.12. The molecule has 0 saturated heterocycles. The zero-order chi connectivity index (χ0) is 13.9. The van der Waals surface area contributed by atoms with Crippen LogP contribution in [0.5, 0.6) is 0 Å². The second-order valence-electron chi connectivity index (χ2n) is 5.92. The summed E-state index contributed by atoms with van der Waals surface area (Å²) in [5, 5.41) is 3.44. The van der Waals surface area contributed by atoms with Crippen molar-refractivity contribution in [1.82, 2.24) is 9.55 Å². The molecule has 19 heavy (non-hydrogen) atoms. The minimum atomic E-state index is 0.215. The van der Waals surface area contributed by atoms with Crippen LogP contribution in [0.1, 0.15) is 32.2 Å². The van der Waals surface area contributed by atoms with E-state index < -0.39 is 0 Å². The van der Waals surface area contributed by atoms with Gasteiger partial charge >= 0.3 is 0 Å². The van der Waals surface area contributed by atoms with Gasteiger partial charge in [0.1, 0.15) is 5.82 Å². The van der Waals surface area contributed by atoms with Crippen LogP contribution in [0.4, 0.5) is 5.69 Å². The molecule has 1 aromatic heterocycles. The van der Waals surface area contributed by atoms with Crippen molar-refractivity contribution in [1.29, 1.82) is 0 Å². The first-order chi connectivity index (χ1) is 8.97. The van der Waals surface area contributed by atoms with E-state index in [1.807, 2.05) is 19.3 Å². The van der Waals surface area contributed by atoms with Crippen molar-refractivity contribution in [2.45, 2.75) is 39.7 Å². The third kappa shape index (κ3) is 3.60. The fourth-order valence-electron chi connectivity index (χ4n) is 2.05. The van der Waals surface area contributed by atoms with Crippen LogP contribution in [0.15, 0.2) is 36.7 Å². The molecule has 0 spiro atoms. The predicted molar refractivity (Wildman–Crippen MR) is 80.6 cm³/mol. The van der Waals surface area contributed by atoms with E-state index in [0.717, 1.165) is 18.9 Å². The Bertz CT molecular complexity index is 518. The Balaban J connectivity index is 1.89. The van der Waals surface area contributed by atoms with E-state index >= 15 is 0 Å². The van der Waals surface area contributed by atoms with Crippen LogP contribution in [0, 0.1) is 6.92 Å². The first-order valence-electron chi connectivity index (χ1n) is 6.79. The van der Waals surface area contributed by atoms with E-state index in [9.17, 15) is 0 Å². The quantitative estimate of drug-likeness (QED) is 0.907. The van der Waals surface area contributed by atoms with Crippen LogP contribution >= 0.6 is 0 Å². The standard InChI is InChI=1S/C16H23N3/c1-13-17-9-11-19(13)12-10-18-15-7-5-14(6-8-15)16(2,3)4/h5-9,11,18H,10,12H2,1-4H3. The summed E-state index contributed by atoms with van der Waals surface area (Å²) in [6.45, 7) is 10.6. The molecule has 0 amide bonds. The largest absolute Gasteiger partial charge is 0.383 e. The van der Waals surface area contributed by atoms with Gasteiger partial charge in [-0.2, -0.15) is 0 Å². The fourth-order valence-corrected chi connectivity index (χ4v) is 2.05. The van der Waals surface area contributed by atoms with Gasteiger partial charge in [0.2, 0.25) is 0 Å². The normalized spacial score (nSPS) is 11.6. The predicted octanol–water partition coefficient (Wildman–Crippen LogP) is 3.60. The van der Waals surface area contributed by atoms with E-state index in [0.29, 0.717) is 0 Å². The van der Waals surface area contributed by atoms with Gasteiger partial charge in [-0.3, -0.25) is 0 Å². The lowest BCUT2D eigenvalue weighted by Gasteiger charge is -2.19. The first-order valence-corrected chi connectivity index (χ1v) is 6.79. The second kappa shape index (κ2) is 5.47. The molecule has 1 heterocycles. The average Bonchev–Trinajstić information content (AvgIpc) is 2.75. The number of aromatic nitrogens is 2. The minimum Gasteiger partial charge on any atom is -0.383 e. The summed E-state index contributed by atoms with van der Waals surface area (Å²) in [6, 6.07) is 8.71. The van der Waals surface area contributed by atoms with Crippen LogP contribution in [0.25, 0.3) is 0 Å². The highest BCUT2D eigenvalue weighted by Crippen LogP contribution is 2.23. The molecule has 0 aliphatic heterocycles. The van der Waals surface area contributed by atoms with Crippen molar-refractivity contribution in [3.63, 3.8) is 0 Å². The number of anilines is 1. The summed E-state index contributed by atoms with van der Waals surface area (Å²) in [6.07, 6.45) is 3.85. The Hall–Kier alpha value is -1.77. The Kier molecular flexibility index (Phi) is 3.93. The lowest BCUT2D eigenvalue weighted by atomic mass is 9.87. The molecule has 0 radical (unpaired) electrons. The topological polar surface area (TPSA) is 29.9 Å². The van der Waals surface area contributed by atoms with Crippen LogP contribution in [0.3, 0.4) is 0 Å². The van der Waals surface area contributed by atoms with Gasteiger partial charge in [-0.1, -0.05) is 32.9 Å². The maximum Gasteiger partial charge on any atom is 0.105 e. The van der Waals surface area contributed by atoms with Crippen LogP contribution in [-0.2, 0) is 12.0 Å². The average molecular weight is 257 g/mol. The smallest absolute Gasteiger partial charge is 0.105 e. The third-order valence-corrected chi connectivity index (χ3v) is 3.36. The molecule has 2 rings (SSSR count). The van der Waals surface area contributed by atoms with Gasteiger partial charge in [-0.15, -0.1) is 0 Å². The number of nitrogens with one attached hydrogen (secondary N) is 1. The number of nitrogens with zero attached hydrogens (tertiary/aromatic N) is 2. The molecule has 3 heteroatoms. The number of hydrogen-bond donors (Lipinski definition) is 1. The van der Waals surface area contributed by atoms with Gasteiger partial charge in [-0.25, -0.2) is 4.98 Å². The fraction of sp³-hybridized carbons (Fsp3) is 0.438. The van der Waals surface area contributed by atoms with Crippen molar-refractivity contribution < 1.29 is 0 Å². The van der Waals surface area contributed by atoms with Crippen LogP contribution < -0.4 is 5.32 Å². The molecule has 0 atom stereocenters. The Morgan fingerprint density at radius 1 is 1.16 bits per heavy atom. The summed E-state index contributed by atoms with van der Waals surface area (Å²) < 4.78 is 2.15. The number of benzene rings is 1. The van der Waals surface area contributed by atoms with E-state index in [1.165, 1.54) is 11.3 Å². The number of rotatable bonds is 4. The molecule has 0 fully saturated rings. The van der Waals surface area contributed by atoms with Crippen LogP contribution in [-0.4, -0.2) is 16.1 Å². The van der Waals surface area contributed by atoms with Gasteiger partial charge in [0.15, 0.2) is 0 Å². The first kappa shape index (κ1) is 13.7. The summed E-state index contributed by atoms with van der Waals surface area (Å²) in [5.41, 5.74) is 2.75. The lowest BCUT2D eigenvalue weighted by molar-refractivity contribution is 0.590. The van der Waals surface area contributed by atoms with E-state index in [-0.39, 0.29) is 5.41 Å². The third-order valence-electron chi connectivity index (χ3n) is 3.36. The molecule has 1 N–H and O–H groups in total. The molecule has 2 aromatic rings. The zero-order valence-electron chi connectivity index (χ0n) is 12.3. The number of hydrogen-bond acceptors (Lipinski definition) is 2. The Morgan fingerprint density at radius 3 is 2.37 bits per heavy atom. The zero-order valence-corrected chi connectivity index (χ0v) is 12.3. The van der Waals surface area contributed by atoms with Crippen molar-refractivity contribution in [3.8, 4) is 0 Å². The molecular weight excluding hydrogens is 234 g/mol. The van der Waals surface area contributed by atoms with Gasteiger partial charge < -0.3 is 9.88 Å². The van der Waals surface area contributed by atoms with Gasteiger partial charge in [0.25, 0.3) is 0 Å². The maximum absolute atomic E-state index is 4.22. The van der Waals surface area contributed by atoms with Crippen LogP contribution in [0.2, 0.25) is 0 Å². The van der Waals surface area contributed by atoms with Gasteiger partial charge in [0, 0.05) is 31.2 Å². The molecule has 0 saturated carbocycles. The van der Waals surface area contributed by atoms with E-state index in [1.54, 1.807) is 0 Å².